The number of hydrogen-bond donors (Lipinski definition) is 2. The highest BCUT2D eigenvalue weighted by Crippen LogP contribution is 2.34. The lowest BCUT2D eigenvalue weighted by Crippen LogP contribution is -2.53. The van der Waals surface area contributed by atoms with Crippen molar-refractivity contribution in [3.63, 3.8) is 0 Å². The first kappa shape index (κ1) is 16.3. The van der Waals surface area contributed by atoms with E-state index in [1.165, 1.54) is 6.42 Å². The summed E-state index contributed by atoms with van der Waals surface area (Å²) in [4.78, 5) is 12.9. The second-order valence-electron chi connectivity index (χ2n) is 7.61. The zero-order chi connectivity index (χ0) is 17.4. The molecule has 2 N–H and O–H groups in total. The number of aromatic nitrogens is 2. The largest absolute Gasteiger partial charge is 0.313 e. The Kier molecular flexibility index (Phi) is 4.34. The van der Waals surface area contributed by atoms with Crippen molar-refractivity contribution in [3.8, 4) is 11.3 Å². The summed E-state index contributed by atoms with van der Waals surface area (Å²) >= 11 is 0. The number of rotatable bonds is 4. The zero-order valence-electron chi connectivity index (χ0n) is 14.9. The number of benzene rings is 1. The number of fused-ring (bicyclic) bond motifs is 3. The Balaban J connectivity index is 1.57. The maximum atomic E-state index is 12.9. The summed E-state index contributed by atoms with van der Waals surface area (Å²) in [6.45, 7) is 5.24. The SMILES string of the molecule is CC(C)n1nc(-c2ccccc2)cc1NC(=O)C1CC2CCC1NC2. The lowest BCUT2D eigenvalue weighted by molar-refractivity contribution is -0.123. The van der Waals surface area contributed by atoms with Crippen LogP contribution in [0.15, 0.2) is 36.4 Å². The smallest absolute Gasteiger partial charge is 0.230 e. The normalized spacial score (nSPS) is 25.3. The van der Waals surface area contributed by atoms with Gasteiger partial charge in [0.25, 0.3) is 0 Å². The molecule has 3 aliphatic rings. The quantitative estimate of drug-likeness (QED) is 0.897. The lowest BCUT2D eigenvalue weighted by Gasteiger charge is -2.42. The van der Waals surface area contributed by atoms with E-state index in [0.717, 1.165) is 36.5 Å². The first-order valence-electron chi connectivity index (χ1n) is 9.31. The van der Waals surface area contributed by atoms with E-state index in [4.69, 9.17) is 5.10 Å². The number of nitrogens with zero attached hydrogens (tertiary/aromatic N) is 2. The molecule has 5 rings (SSSR count). The Morgan fingerprint density at radius 2 is 2.08 bits per heavy atom. The van der Waals surface area contributed by atoms with Crippen LogP contribution in [0.5, 0.6) is 0 Å². The number of piperidine rings is 2. The van der Waals surface area contributed by atoms with Gasteiger partial charge in [-0.3, -0.25) is 4.79 Å². The summed E-state index contributed by atoms with van der Waals surface area (Å²) in [5, 5.41) is 11.4. The molecule has 1 aromatic heterocycles. The second-order valence-corrected chi connectivity index (χ2v) is 7.61. The zero-order valence-corrected chi connectivity index (χ0v) is 14.9. The summed E-state index contributed by atoms with van der Waals surface area (Å²) in [5.74, 6) is 1.64. The van der Waals surface area contributed by atoms with Gasteiger partial charge in [0.1, 0.15) is 5.82 Å². The molecule has 2 aromatic rings. The molecule has 3 heterocycles. The monoisotopic (exact) mass is 338 g/mol. The molecule has 5 heteroatoms. The molecule has 132 valence electrons. The van der Waals surface area contributed by atoms with Crippen LogP contribution in [0.3, 0.4) is 0 Å². The molecule has 3 fully saturated rings. The number of nitrogens with one attached hydrogen (secondary N) is 2. The van der Waals surface area contributed by atoms with Crippen molar-refractivity contribution in [3.05, 3.63) is 36.4 Å². The predicted octanol–water partition coefficient (Wildman–Crippen LogP) is 3.46. The molecule has 1 amide bonds. The fourth-order valence-corrected chi connectivity index (χ4v) is 4.15. The number of anilines is 1. The van der Waals surface area contributed by atoms with E-state index in [1.54, 1.807) is 0 Å². The average molecular weight is 338 g/mol. The van der Waals surface area contributed by atoms with E-state index in [9.17, 15) is 4.79 Å². The number of carbonyl (C=O) groups excluding carboxylic acids is 1. The summed E-state index contributed by atoms with van der Waals surface area (Å²) in [7, 11) is 0. The van der Waals surface area contributed by atoms with Crippen LogP contribution < -0.4 is 10.6 Å². The molecule has 2 bridgehead atoms. The van der Waals surface area contributed by atoms with Crippen LogP contribution in [-0.2, 0) is 4.79 Å². The molecular formula is C20H26N4O. The van der Waals surface area contributed by atoms with Crippen LogP contribution >= 0.6 is 0 Å². The lowest BCUT2D eigenvalue weighted by atomic mass is 9.73. The van der Waals surface area contributed by atoms with Gasteiger partial charge in [-0.2, -0.15) is 5.10 Å². The van der Waals surface area contributed by atoms with Crippen LogP contribution in [-0.4, -0.2) is 28.3 Å². The van der Waals surface area contributed by atoms with E-state index < -0.39 is 0 Å². The minimum atomic E-state index is 0.0724. The molecule has 1 aromatic carbocycles. The summed E-state index contributed by atoms with van der Waals surface area (Å²) in [6, 6.07) is 12.6. The van der Waals surface area contributed by atoms with Gasteiger partial charge >= 0.3 is 0 Å². The van der Waals surface area contributed by atoms with Crippen molar-refractivity contribution in [2.45, 2.75) is 45.2 Å². The fourth-order valence-electron chi connectivity index (χ4n) is 4.15. The van der Waals surface area contributed by atoms with Crippen LogP contribution in [0, 0.1) is 11.8 Å². The number of amides is 1. The van der Waals surface area contributed by atoms with Gasteiger partial charge in [-0.1, -0.05) is 30.3 Å². The van der Waals surface area contributed by atoms with Crippen LogP contribution in [0.2, 0.25) is 0 Å². The third-order valence-corrected chi connectivity index (χ3v) is 5.51. The van der Waals surface area contributed by atoms with Gasteiger partial charge in [0.2, 0.25) is 5.91 Å². The minimum absolute atomic E-state index is 0.0724. The maximum Gasteiger partial charge on any atom is 0.230 e. The van der Waals surface area contributed by atoms with E-state index in [-0.39, 0.29) is 17.9 Å². The summed E-state index contributed by atoms with van der Waals surface area (Å²) in [5.41, 5.74) is 1.96. The molecular weight excluding hydrogens is 312 g/mol. The number of carbonyl (C=O) groups is 1. The second kappa shape index (κ2) is 6.64. The van der Waals surface area contributed by atoms with Crippen LogP contribution in [0.4, 0.5) is 5.82 Å². The summed E-state index contributed by atoms with van der Waals surface area (Å²) < 4.78 is 1.91. The molecule has 5 nitrogen and oxygen atoms in total. The van der Waals surface area contributed by atoms with Crippen molar-refractivity contribution >= 4 is 11.7 Å². The molecule has 2 aliphatic heterocycles. The van der Waals surface area contributed by atoms with E-state index in [2.05, 4.69) is 24.5 Å². The highest BCUT2D eigenvalue weighted by Gasteiger charge is 2.39. The maximum absolute atomic E-state index is 12.9. The Labute approximate surface area is 148 Å². The van der Waals surface area contributed by atoms with Crippen molar-refractivity contribution in [2.24, 2.45) is 11.8 Å². The molecule has 3 atom stereocenters. The van der Waals surface area contributed by atoms with Gasteiger partial charge in [-0.15, -0.1) is 0 Å². The van der Waals surface area contributed by atoms with Gasteiger partial charge in [0.15, 0.2) is 0 Å². The highest BCUT2D eigenvalue weighted by molar-refractivity contribution is 5.93. The Hall–Kier alpha value is -2.14. The van der Waals surface area contributed by atoms with Gasteiger partial charge in [-0.25, -0.2) is 4.68 Å². The van der Waals surface area contributed by atoms with E-state index in [1.807, 2.05) is 41.1 Å². The molecule has 25 heavy (non-hydrogen) atoms. The van der Waals surface area contributed by atoms with Crippen molar-refractivity contribution in [1.82, 2.24) is 15.1 Å². The standard InChI is InChI=1S/C20H26N4O/c1-13(2)24-19(11-18(23-24)15-6-4-3-5-7-15)22-20(25)16-10-14-8-9-17(16)21-12-14/h3-7,11,13-14,16-17,21H,8-10,12H2,1-2H3,(H,22,25). The third kappa shape index (κ3) is 3.21. The predicted molar refractivity (Wildman–Crippen MR) is 99.3 cm³/mol. The Bertz CT molecular complexity index is 744. The Morgan fingerprint density at radius 1 is 1.28 bits per heavy atom. The molecule has 1 saturated carbocycles. The van der Waals surface area contributed by atoms with Gasteiger partial charge in [-0.05, 0) is 45.6 Å². The van der Waals surface area contributed by atoms with Gasteiger partial charge < -0.3 is 10.6 Å². The summed E-state index contributed by atoms with van der Waals surface area (Å²) in [6.07, 6.45) is 3.37. The molecule has 3 unspecified atom stereocenters. The average Bonchev–Trinajstić information content (AvgIpc) is 3.07. The molecule has 2 saturated heterocycles. The molecule has 0 radical (unpaired) electrons. The van der Waals surface area contributed by atoms with Crippen molar-refractivity contribution < 1.29 is 4.79 Å². The fraction of sp³-hybridized carbons (Fsp3) is 0.500. The molecule has 1 aliphatic carbocycles. The molecule has 0 spiro atoms. The van der Waals surface area contributed by atoms with E-state index in [0.29, 0.717) is 12.0 Å². The van der Waals surface area contributed by atoms with Gasteiger partial charge in [0.05, 0.1) is 11.6 Å². The van der Waals surface area contributed by atoms with Crippen molar-refractivity contribution in [1.29, 1.82) is 0 Å². The number of hydrogen-bond acceptors (Lipinski definition) is 3. The minimum Gasteiger partial charge on any atom is -0.313 e. The highest BCUT2D eigenvalue weighted by atomic mass is 16.2. The van der Waals surface area contributed by atoms with Crippen molar-refractivity contribution in [2.75, 3.05) is 11.9 Å². The first-order valence-corrected chi connectivity index (χ1v) is 9.31. The van der Waals surface area contributed by atoms with Crippen LogP contribution in [0.25, 0.3) is 11.3 Å². The van der Waals surface area contributed by atoms with Gasteiger partial charge in [0, 0.05) is 23.7 Å². The van der Waals surface area contributed by atoms with Crippen LogP contribution in [0.1, 0.15) is 39.2 Å². The first-order chi connectivity index (χ1) is 12.1. The Morgan fingerprint density at radius 3 is 2.68 bits per heavy atom. The third-order valence-electron chi connectivity index (χ3n) is 5.51. The topological polar surface area (TPSA) is 59.0 Å². The van der Waals surface area contributed by atoms with E-state index >= 15 is 0 Å².